The molecule has 4 rings (SSSR count). The second kappa shape index (κ2) is 8.84. The molecule has 0 spiro atoms. The van der Waals surface area contributed by atoms with Crippen LogP contribution < -0.4 is 14.9 Å². The Hall–Kier alpha value is -3.65. The number of carbonyl (C=O) groups is 2. The summed E-state index contributed by atoms with van der Waals surface area (Å²) in [5, 5.41) is 2.76. The molecule has 0 unspecified atom stereocenters. The van der Waals surface area contributed by atoms with E-state index < -0.39 is 10.0 Å². The van der Waals surface area contributed by atoms with Crippen molar-refractivity contribution < 1.29 is 18.0 Å². The van der Waals surface area contributed by atoms with Gasteiger partial charge in [-0.3, -0.25) is 14.3 Å². The first-order valence-electron chi connectivity index (χ1n) is 10.2. The normalized spacial score (nSPS) is 13.8. The average molecular weight is 450 g/mol. The summed E-state index contributed by atoms with van der Waals surface area (Å²) in [5.41, 5.74) is 3.21. The molecule has 3 aromatic rings. The van der Waals surface area contributed by atoms with E-state index in [4.69, 9.17) is 0 Å². The van der Waals surface area contributed by atoms with Crippen LogP contribution in [0.1, 0.15) is 28.8 Å². The van der Waals surface area contributed by atoms with Gasteiger partial charge in [0.15, 0.2) is 0 Å². The number of benzene rings is 3. The van der Waals surface area contributed by atoms with Crippen molar-refractivity contribution in [2.24, 2.45) is 0 Å². The maximum Gasteiger partial charge on any atom is 0.261 e. The van der Waals surface area contributed by atoms with E-state index in [-0.39, 0.29) is 16.7 Å². The van der Waals surface area contributed by atoms with E-state index in [1.165, 1.54) is 12.1 Å². The van der Waals surface area contributed by atoms with Gasteiger partial charge in [-0.15, -0.1) is 0 Å². The zero-order valence-corrected chi connectivity index (χ0v) is 18.4. The molecule has 8 heteroatoms. The van der Waals surface area contributed by atoms with E-state index in [1.54, 1.807) is 53.4 Å². The molecule has 2 amide bonds. The highest BCUT2D eigenvalue weighted by molar-refractivity contribution is 7.92. The molecule has 1 fully saturated rings. The Morgan fingerprint density at radius 3 is 2.09 bits per heavy atom. The van der Waals surface area contributed by atoms with Crippen LogP contribution >= 0.6 is 0 Å². The molecule has 32 heavy (non-hydrogen) atoms. The minimum Gasteiger partial charge on any atom is -0.322 e. The predicted octanol–water partition coefficient (Wildman–Crippen LogP) is 4.17. The Labute approximate surface area is 187 Å². The SMILES string of the molecule is Cc1ccc(NS(=O)(=O)c2ccc(NC(=O)c3ccc(N4CCCC4=O)cc3)cc2)cc1. The van der Waals surface area contributed by atoms with Gasteiger partial charge in [-0.25, -0.2) is 8.42 Å². The number of rotatable bonds is 6. The number of nitrogens with zero attached hydrogens (tertiary/aromatic N) is 1. The van der Waals surface area contributed by atoms with Crippen LogP contribution in [0.5, 0.6) is 0 Å². The van der Waals surface area contributed by atoms with Gasteiger partial charge in [-0.05, 0) is 74.0 Å². The monoisotopic (exact) mass is 449 g/mol. The summed E-state index contributed by atoms with van der Waals surface area (Å²) in [6, 6.07) is 19.9. The molecule has 0 saturated carbocycles. The Morgan fingerprint density at radius 2 is 1.50 bits per heavy atom. The van der Waals surface area contributed by atoms with Crippen LogP contribution in [0.4, 0.5) is 17.1 Å². The van der Waals surface area contributed by atoms with Crippen molar-refractivity contribution in [3.8, 4) is 0 Å². The van der Waals surface area contributed by atoms with Crippen LogP contribution in [-0.2, 0) is 14.8 Å². The summed E-state index contributed by atoms with van der Waals surface area (Å²) in [4.78, 5) is 26.2. The summed E-state index contributed by atoms with van der Waals surface area (Å²) in [6.45, 7) is 2.62. The van der Waals surface area contributed by atoms with E-state index in [9.17, 15) is 18.0 Å². The van der Waals surface area contributed by atoms with Crippen molar-refractivity contribution in [2.75, 3.05) is 21.5 Å². The van der Waals surface area contributed by atoms with Crippen LogP contribution in [0.3, 0.4) is 0 Å². The van der Waals surface area contributed by atoms with Gasteiger partial charge in [-0.1, -0.05) is 17.7 Å². The summed E-state index contributed by atoms with van der Waals surface area (Å²) in [7, 11) is -3.74. The molecule has 2 N–H and O–H groups in total. The lowest BCUT2D eigenvalue weighted by Crippen LogP contribution is -2.23. The fraction of sp³-hybridized carbons (Fsp3) is 0.167. The molecular weight excluding hydrogens is 426 g/mol. The molecular formula is C24H23N3O4S. The minimum absolute atomic E-state index is 0.0918. The maximum absolute atomic E-state index is 12.6. The molecule has 164 valence electrons. The number of sulfonamides is 1. The van der Waals surface area contributed by atoms with Crippen LogP contribution in [-0.4, -0.2) is 26.8 Å². The summed E-state index contributed by atoms with van der Waals surface area (Å²) >= 11 is 0. The highest BCUT2D eigenvalue weighted by Crippen LogP contribution is 2.23. The fourth-order valence-electron chi connectivity index (χ4n) is 3.47. The molecule has 0 aliphatic carbocycles. The number of amides is 2. The molecule has 0 radical (unpaired) electrons. The molecule has 7 nitrogen and oxygen atoms in total. The first-order chi connectivity index (χ1) is 15.3. The Bertz CT molecular complexity index is 1240. The number of hydrogen-bond acceptors (Lipinski definition) is 4. The van der Waals surface area contributed by atoms with Crippen molar-refractivity contribution in [3.63, 3.8) is 0 Å². The van der Waals surface area contributed by atoms with Crippen LogP contribution in [0, 0.1) is 6.92 Å². The van der Waals surface area contributed by atoms with E-state index in [1.807, 2.05) is 19.1 Å². The first-order valence-corrected chi connectivity index (χ1v) is 11.7. The quantitative estimate of drug-likeness (QED) is 0.590. The van der Waals surface area contributed by atoms with Gasteiger partial charge in [0.05, 0.1) is 4.90 Å². The van der Waals surface area contributed by atoms with Gasteiger partial charge in [0.1, 0.15) is 0 Å². The van der Waals surface area contributed by atoms with Crippen molar-refractivity contribution in [1.82, 2.24) is 0 Å². The third-order valence-corrected chi connectivity index (χ3v) is 6.64. The van der Waals surface area contributed by atoms with E-state index >= 15 is 0 Å². The average Bonchev–Trinajstić information content (AvgIpc) is 3.21. The lowest BCUT2D eigenvalue weighted by molar-refractivity contribution is -0.117. The molecule has 3 aromatic carbocycles. The number of nitrogens with one attached hydrogen (secondary N) is 2. The largest absolute Gasteiger partial charge is 0.322 e. The third-order valence-electron chi connectivity index (χ3n) is 5.24. The summed E-state index contributed by atoms with van der Waals surface area (Å²) < 4.78 is 27.7. The fourth-order valence-corrected chi connectivity index (χ4v) is 4.53. The molecule has 1 heterocycles. The van der Waals surface area contributed by atoms with Crippen molar-refractivity contribution in [1.29, 1.82) is 0 Å². The number of anilines is 3. The second-order valence-electron chi connectivity index (χ2n) is 7.65. The predicted molar refractivity (Wildman–Crippen MR) is 124 cm³/mol. The van der Waals surface area contributed by atoms with E-state index in [0.717, 1.165) is 17.7 Å². The van der Waals surface area contributed by atoms with Gasteiger partial charge < -0.3 is 10.2 Å². The summed E-state index contributed by atoms with van der Waals surface area (Å²) in [6.07, 6.45) is 1.39. The lowest BCUT2D eigenvalue weighted by atomic mass is 10.1. The first kappa shape index (κ1) is 21.6. The van der Waals surface area contributed by atoms with Crippen LogP contribution in [0.15, 0.2) is 77.7 Å². The topological polar surface area (TPSA) is 95.6 Å². The number of hydrogen-bond donors (Lipinski definition) is 2. The minimum atomic E-state index is -3.74. The smallest absolute Gasteiger partial charge is 0.261 e. The zero-order chi connectivity index (χ0) is 22.7. The Balaban J connectivity index is 1.41. The molecule has 1 aliphatic heterocycles. The van der Waals surface area contributed by atoms with Crippen molar-refractivity contribution in [2.45, 2.75) is 24.7 Å². The van der Waals surface area contributed by atoms with Crippen LogP contribution in [0.2, 0.25) is 0 Å². The highest BCUT2D eigenvalue weighted by atomic mass is 32.2. The molecule has 0 atom stereocenters. The third kappa shape index (κ3) is 4.81. The van der Waals surface area contributed by atoms with Crippen LogP contribution in [0.25, 0.3) is 0 Å². The van der Waals surface area contributed by atoms with Gasteiger partial charge in [0, 0.05) is 35.6 Å². The number of aryl methyl sites for hydroxylation is 1. The molecule has 1 aliphatic rings. The second-order valence-corrected chi connectivity index (χ2v) is 9.33. The summed E-state index contributed by atoms with van der Waals surface area (Å²) in [5.74, 6) is -0.230. The molecule has 0 aromatic heterocycles. The Kier molecular flexibility index (Phi) is 5.96. The van der Waals surface area contributed by atoms with Crippen molar-refractivity contribution >= 4 is 38.9 Å². The zero-order valence-electron chi connectivity index (χ0n) is 17.5. The number of carbonyl (C=O) groups excluding carboxylic acids is 2. The van der Waals surface area contributed by atoms with Crippen molar-refractivity contribution in [3.05, 3.63) is 83.9 Å². The van der Waals surface area contributed by atoms with E-state index in [0.29, 0.717) is 29.9 Å². The molecule has 0 bridgehead atoms. The van der Waals surface area contributed by atoms with E-state index in [2.05, 4.69) is 10.0 Å². The molecule has 1 saturated heterocycles. The lowest BCUT2D eigenvalue weighted by Gasteiger charge is -2.15. The van der Waals surface area contributed by atoms with Gasteiger partial charge in [-0.2, -0.15) is 0 Å². The Morgan fingerprint density at radius 1 is 0.875 bits per heavy atom. The highest BCUT2D eigenvalue weighted by Gasteiger charge is 2.21. The standard InChI is InChI=1S/C24H23N3O4S/c1-17-4-8-20(9-5-17)26-32(30,31)22-14-10-19(11-15-22)25-24(29)18-6-12-21(13-7-18)27-16-2-3-23(27)28/h4-15,26H,2-3,16H2,1H3,(H,25,29). The van der Waals surface area contributed by atoms with Gasteiger partial charge >= 0.3 is 0 Å². The maximum atomic E-state index is 12.6. The van der Waals surface area contributed by atoms with Gasteiger partial charge in [0.25, 0.3) is 15.9 Å². The van der Waals surface area contributed by atoms with Gasteiger partial charge in [0.2, 0.25) is 5.91 Å².